The van der Waals surface area contributed by atoms with Crippen LogP contribution in [0.15, 0.2) is 72.8 Å². The number of rotatable bonds is 10. The van der Waals surface area contributed by atoms with E-state index in [-0.39, 0.29) is 11.8 Å². The first-order chi connectivity index (χ1) is 17.9. The molecule has 0 amide bonds. The molecule has 1 aliphatic rings. The summed E-state index contributed by atoms with van der Waals surface area (Å²) in [6.07, 6.45) is 2.93. The minimum atomic E-state index is 0.0464. The van der Waals surface area contributed by atoms with E-state index in [9.17, 15) is 4.79 Å². The van der Waals surface area contributed by atoms with Crippen LogP contribution in [0.5, 0.6) is 0 Å². The highest BCUT2D eigenvalue weighted by Crippen LogP contribution is 2.32. The Kier molecular flexibility index (Phi) is 7.36. The van der Waals surface area contributed by atoms with E-state index in [0.29, 0.717) is 18.7 Å². The predicted octanol–water partition coefficient (Wildman–Crippen LogP) is 5.77. The minimum Gasteiger partial charge on any atom is -0.326 e. The maximum atomic E-state index is 13.5. The van der Waals surface area contributed by atoms with Crippen LogP contribution in [0.1, 0.15) is 68.4 Å². The first-order valence-electron chi connectivity index (χ1n) is 13.2. The number of Topliss-reactive ketones (excluding diaryl/α,β-unsaturated/α-hetero) is 1. The molecule has 1 unspecified atom stereocenters. The van der Waals surface area contributed by atoms with Crippen LogP contribution in [0.4, 0.5) is 0 Å². The number of nitrogens with one attached hydrogen (secondary N) is 1. The molecule has 1 aromatic heterocycles. The molecule has 5 nitrogen and oxygen atoms in total. The van der Waals surface area contributed by atoms with Gasteiger partial charge in [0.25, 0.3) is 0 Å². The van der Waals surface area contributed by atoms with E-state index in [2.05, 4.69) is 60.7 Å². The summed E-state index contributed by atoms with van der Waals surface area (Å²) in [6, 6.07) is 25.0. The zero-order valence-electron chi connectivity index (χ0n) is 22.0. The van der Waals surface area contributed by atoms with Crippen LogP contribution in [0.25, 0.3) is 5.69 Å². The van der Waals surface area contributed by atoms with Gasteiger partial charge in [0, 0.05) is 13.0 Å². The fourth-order valence-corrected chi connectivity index (χ4v) is 4.95. The zero-order valence-corrected chi connectivity index (χ0v) is 22.0. The van der Waals surface area contributed by atoms with Gasteiger partial charge in [-0.25, -0.2) is 4.68 Å². The zero-order chi connectivity index (χ0) is 25.9. The Bertz CT molecular complexity index is 1420. The molecule has 1 atom stereocenters. The largest absolute Gasteiger partial charge is 0.326 e. The molecule has 0 radical (unpaired) electrons. The molecule has 1 saturated carbocycles. The molecule has 37 heavy (non-hydrogen) atoms. The first-order valence-corrected chi connectivity index (χ1v) is 13.2. The number of nitrogens with two attached hydrogens (primary N) is 1. The molecule has 1 fully saturated rings. The van der Waals surface area contributed by atoms with Crippen molar-refractivity contribution in [3.63, 3.8) is 0 Å². The molecule has 3 N–H and O–H groups in total. The second-order valence-electron chi connectivity index (χ2n) is 10.4. The smallest absolute Gasteiger partial charge is 0.185 e. The normalized spacial score (nSPS) is 14.1. The van der Waals surface area contributed by atoms with Crippen molar-refractivity contribution in [1.29, 1.82) is 0 Å². The molecule has 5 heteroatoms. The summed E-state index contributed by atoms with van der Waals surface area (Å²) >= 11 is 0. The van der Waals surface area contributed by atoms with Gasteiger partial charge in [-0.05, 0) is 92.1 Å². The average Bonchev–Trinajstić information content (AvgIpc) is 3.65. The van der Waals surface area contributed by atoms with Crippen LogP contribution in [0.3, 0.4) is 0 Å². The molecule has 1 heterocycles. The molecule has 3 aromatic carbocycles. The van der Waals surface area contributed by atoms with E-state index in [1.165, 1.54) is 35.1 Å². The Morgan fingerprint density at radius 2 is 1.78 bits per heavy atom. The van der Waals surface area contributed by atoms with Crippen molar-refractivity contribution in [3.05, 3.63) is 118 Å². The first kappa shape index (κ1) is 25.1. The van der Waals surface area contributed by atoms with Crippen molar-refractivity contribution < 1.29 is 4.79 Å². The lowest BCUT2D eigenvalue weighted by molar-refractivity contribution is 0.0985. The summed E-state index contributed by atoms with van der Waals surface area (Å²) in [6.45, 7) is 7.70. The second-order valence-corrected chi connectivity index (χ2v) is 10.4. The van der Waals surface area contributed by atoms with E-state index in [4.69, 9.17) is 5.73 Å². The standard InChI is InChI=1S/C32H36N4O/c1-21-10-11-22(2)29(14-21)32(34-20-24-12-13-24)27-8-4-6-25(16-27)18-31(37)30-15-23(3)35-36(30)28-9-5-7-26(17-28)19-33/h4-11,14-17,24,32,34H,12-13,18-20,33H2,1-3H3. The highest BCUT2D eigenvalue weighted by atomic mass is 16.1. The summed E-state index contributed by atoms with van der Waals surface area (Å²) in [5.74, 6) is 0.823. The summed E-state index contributed by atoms with van der Waals surface area (Å²) in [5.41, 5.74) is 15.1. The van der Waals surface area contributed by atoms with Crippen molar-refractivity contribution in [2.75, 3.05) is 6.54 Å². The van der Waals surface area contributed by atoms with Crippen LogP contribution in [-0.4, -0.2) is 22.1 Å². The molecule has 0 spiro atoms. The number of hydrogen-bond acceptors (Lipinski definition) is 4. The van der Waals surface area contributed by atoms with Crippen LogP contribution in [0.2, 0.25) is 0 Å². The van der Waals surface area contributed by atoms with E-state index in [1.807, 2.05) is 43.3 Å². The molecule has 0 bridgehead atoms. The average molecular weight is 493 g/mol. The van der Waals surface area contributed by atoms with Crippen LogP contribution >= 0.6 is 0 Å². The summed E-state index contributed by atoms with van der Waals surface area (Å²) in [7, 11) is 0. The van der Waals surface area contributed by atoms with Gasteiger partial charge in [-0.2, -0.15) is 5.10 Å². The number of ketones is 1. The third-order valence-corrected chi connectivity index (χ3v) is 7.21. The molecule has 0 saturated heterocycles. The topological polar surface area (TPSA) is 72.9 Å². The van der Waals surface area contributed by atoms with Gasteiger partial charge in [0.1, 0.15) is 5.69 Å². The number of aromatic nitrogens is 2. The van der Waals surface area contributed by atoms with Gasteiger partial charge in [0.2, 0.25) is 0 Å². The van der Waals surface area contributed by atoms with Gasteiger partial charge in [-0.15, -0.1) is 0 Å². The number of hydrogen-bond donors (Lipinski definition) is 2. The Hall–Kier alpha value is -3.54. The number of carbonyl (C=O) groups excluding carboxylic acids is 1. The Balaban J connectivity index is 1.43. The van der Waals surface area contributed by atoms with Crippen LogP contribution in [0, 0.1) is 26.7 Å². The number of aryl methyl sites for hydroxylation is 3. The molecule has 4 aromatic rings. The third-order valence-electron chi connectivity index (χ3n) is 7.21. The van der Waals surface area contributed by atoms with E-state index < -0.39 is 0 Å². The maximum absolute atomic E-state index is 13.5. The molecule has 190 valence electrons. The van der Waals surface area contributed by atoms with Gasteiger partial charge in [0.05, 0.1) is 17.4 Å². The van der Waals surface area contributed by atoms with Gasteiger partial charge in [-0.1, -0.05) is 60.2 Å². The van der Waals surface area contributed by atoms with E-state index in [0.717, 1.165) is 35.0 Å². The van der Waals surface area contributed by atoms with Crippen molar-refractivity contribution in [3.8, 4) is 5.69 Å². The SMILES string of the molecule is Cc1ccc(C)c(C(NCC2CC2)c2cccc(CC(=O)c3cc(C)nn3-c3cccc(CN)c3)c2)c1. The maximum Gasteiger partial charge on any atom is 0.185 e. The summed E-state index contributed by atoms with van der Waals surface area (Å²) < 4.78 is 1.75. The van der Waals surface area contributed by atoms with Crippen LogP contribution < -0.4 is 11.1 Å². The number of benzene rings is 3. The van der Waals surface area contributed by atoms with E-state index in [1.54, 1.807) is 4.68 Å². The number of carbonyl (C=O) groups is 1. The molecular weight excluding hydrogens is 456 g/mol. The lowest BCUT2D eigenvalue weighted by Crippen LogP contribution is -2.25. The van der Waals surface area contributed by atoms with Crippen molar-refractivity contribution in [2.24, 2.45) is 11.7 Å². The van der Waals surface area contributed by atoms with Crippen LogP contribution in [-0.2, 0) is 13.0 Å². The monoisotopic (exact) mass is 492 g/mol. The van der Waals surface area contributed by atoms with Gasteiger partial charge >= 0.3 is 0 Å². The fraction of sp³-hybridized carbons (Fsp3) is 0.312. The lowest BCUT2D eigenvalue weighted by Gasteiger charge is -2.23. The fourth-order valence-electron chi connectivity index (χ4n) is 4.95. The van der Waals surface area contributed by atoms with Gasteiger partial charge < -0.3 is 11.1 Å². The molecule has 1 aliphatic carbocycles. The predicted molar refractivity (Wildman–Crippen MR) is 149 cm³/mol. The Morgan fingerprint density at radius 1 is 1.00 bits per heavy atom. The Morgan fingerprint density at radius 3 is 2.57 bits per heavy atom. The summed E-state index contributed by atoms with van der Waals surface area (Å²) in [5, 5.41) is 8.44. The van der Waals surface area contributed by atoms with E-state index >= 15 is 0 Å². The highest BCUT2D eigenvalue weighted by Gasteiger charge is 2.24. The van der Waals surface area contributed by atoms with Crippen molar-refractivity contribution in [1.82, 2.24) is 15.1 Å². The van der Waals surface area contributed by atoms with Crippen molar-refractivity contribution in [2.45, 2.75) is 52.6 Å². The highest BCUT2D eigenvalue weighted by molar-refractivity contribution is 5.96. The lowest BCUT2D eigenvalue weighted by atomic mass is 9.91. The molecular formula is C32H36N4O. The molecule has 5 rings (SSSR count). The van der Waals surface area contributed by atoms with Gasteiger partial charge in [-0.3, -0.25) is 4.79 Å². The minimum absolute atomic E-state index is 0.0464. The van der Waals surface area contributed by atoms with Gasteiger partial charge in [0.15, 0.2) is 5.78 Å². The third kappa shape index (κ3) is 5.90. The number of nitrogens with zero attached hydrogens (tertiary/aromatic N) is 2. The molecule has 0 aliphatic heterocycles. The van der Waals surface area contributed by atoms with Crippen molar-refractivity contribution >= 4 is 5.78 Å². The quantitative estimate of drug-likeness (QED) is 0.276. The second kappa shape index (κ2) is 10.8. The Labute approximate surface area is 219 Å². The summed E-state index contributed by atoms with van der Waals surface area (Å²) in [4.78, 5) is 13.5.